The molecule has 1 heterocycles. The molecule has 4 N–H and O–H groups in total. The summed E-state index contributed by atoms with van der Waals surface area (Å²) in [6.45, 7) is 2.10. The number of halogens is 1. The van der Waals surface area contributed by atoms with Gasteiger partial charge >= 0.3 is 0 Å². The fourth-order valence-electron chi connectivity index (χ4n) is 1.15. The third-order valence-electron chi connectivity index (χ3n) is 1.88. The molecule has 90 valence electrons. The van der Waals surface area contributed by atoms with Crippen molar-refractivity contribution in [1.82, 2.24) is 9.97 Å². The topological polar surface area (TPSA) is 84.1 Å². The van der Waals surface area contributed by atoms with Crippen LogP contribution in [0.1, 0.15) is 6.92 Å². The fraction of sp³-hybridized carbons (Fsp3) is 0.556. The molecule has 0 saturated heterocycles. The maximum absolute atomic E-state index is 9.94. The van der Waals surface area contributed by atoms with Crippen LogP contribution in [-0.4, -0.2) is 39.2 Å². The second-order valence-corrected chi connectivity index (χ2v) is 4.93. The maximum Gasteiger partial charge on any atom is 0.224 e. The third-order valence-corrected chi connectivity index (χ3v) is 2.97. The number of nitrogen functional groups attached to an aromatic ring is 1. The van der Waals surface area contributed by atoms with Crippen LogP contribution in [0.25, 0.3) is 0 Å². The van der Waals surface area contributed by atoms with Gasteiger partial charge in [-0.1, -0.05) is 0 Å². The largest absolute Gasteiger partial charge is 0.394 e. The van der Waals surface area contributed by atoms with Gasteiger partial charge in [-0.15, -0.1) is 0 Å². The lowest BCUT2D eigenvalue weighted by Crippen LogP contribution is -2.36. The first-order valence-electron chi connectivity index (χ1n) is 4.68. The van der Waals surface area contributed by atoms with Crippen LogP contribution in [0.3, 0.4) is 0 Å². The highest BCUT2D eigenvalue weighted by molar-refractivity contribution is 7.98. The molecule has 1 rings (SSSR count). The number of aromatic nitrogens is 2. The Morgan fingerprint density at radius 3 is 3.00 bits per heavy atom. The molecule has 0 saturated carbocycles. The summed E-state index contributed by atoms with van der Waals surface area (Å²) in [5, 5.41) is 13.0. The molecule has 0 bridgehead atoms. The van der Waals surface area contributed by atoms with E-state index >= 15 is 0 Å². The molecule has 0 aliphatic rings. The SMILES string of the molecule is CSCC(C)(O)CNc1nc(Cl)ncc1N. The number of aliphatic hydroxyl groups is 1. The molecule has 0 radical (unpaired) electrons. The van der Waals surface area contributed by atoms with Gasteiger partial charge in [0.1, 0.15) is 0 Å². The van der Waals surface area contributed by atoms with Crippen LogP contribution in [0, 0.1) is 0 Å². The van der Waals surface area contributed by atoms with Crippen LogP contribution < -0.4 is 11.1 Å². The van der Waals surface area contributed by atoms with E-state index in [4.69, 9.17) is 17.3 Å². The van der Waals surface area contributed by atoms with E-state index in [-0.39, 0.29) is 5.28 Å². The number of anilines is 2. The summed E-state index contributed by atoms with van der Waals surface area (Å²) in [4.78, 5) is 7.68. The summed E-state index contributed by atoms with van der Waals surface area (Å²) in [6, 6.07) is 0. The highest BCUT2D eigenvalue weighted by atomic mass is 35.5. The van der Waals surface area contributed by atoms with Crippen LogP contribution >= 0.6 is 23.4 Å². The van der Waals surface area contributed by atoms with E-state index in [0.29, 0.717) is 23.8 Å². The van der Waals surface area contributed by atoms with E-state index in [0.717, 1.165) is 0 Å². The van der Waals surface area contributed by atoms with E-state index in [2.05, 4.69) is 15.3 Å². The molecule has 16 heavy (non-hydrogen) atoms. The quantitative estimate of drug-likeness (QED) is 0.693. The van der Waals surface area contributed by atoms with E-state index in [1.165, 1.54) is 6.20 Å². The van der Waals surface area contributed by atoms with Gasteiger partial charge in [0.05, 0.1) is 17.5 Å². The summed E-state index contributed by atoms with van der Waals surface area (Å²) in [5.74, 6) is 1.07. The second kappa shape index (κ2) is 5.56. The Balaban J connectivity index is 2.63. The Labute approximate surface area is 104 Å². The minimum atomic E-state index is -0.816. The number of nitrogens with zero attached hydrogens (tertiary/aromatic N) is 2. The second-order valence-electron chi connectivity index (χ2n) is 3.73. The lowest BCUT2D eigenvalue weighted by molar-refractivity contribution is 0.0996. The average molecular weight is 263 g/mol. The molecular weight excluding hydrogens is 248 g/mol. The van der Waals surface area contributed by atoms with Crippen LogP contribution in [0.4, 0.5) is 11.5 Å². The highest BCUT2D eigenvalue weighted by Crippen LogP contribution is 2.18. The highest BCUT2D eigenvalue weighted by Gasteiger charge is 2.19. The van der Waals surface area contributed by atoms with Gasteiger partial charge in [-0.3, -0.25) is 0 Å². The van der Waals surface area contributed by atoms with Crippen LogP contribution in [0.15, 0.2) is 6.20 Å². The molecule has 0 aliphatic carbocycles. The fourth-order valence-corrected chi connectivity index (χ4v) is 2.00. The van der Waals surface area contributed by atoms with Crippen LogP contribution in [-0.2, 0) is 0 Å². The third kappa shape index (κ3) is 4.03. The van der Waals surface area contributed by atoms with Gasteiger partial charge in [-0.2, -0.15) is 16.7 Å². The Kier molecular flexibility index (Phi) is 4.64. The Bertz CT molecular complexity index is 361. The van der Waals surface area contributed by atoms with Crippen molar-refractivity contribution < 1.29 is 5.11 Å². The number of hydrogen-bond donors (Lipinski definition) is 3. The smallest absolute Gasteiger partial charge is 0.224 e. The van der Waals surface area contributed by atoms with E-state index < -0.39 is 5.60 Å². The predicted molar refractivity (Wildman–Crippen MR) is 68.9 cm³/mol. The summed E-state index contributed by atoms with van der Waals surface area (Å²) in [6.07, 6.45) is 3.37. The summed E-state index contributed by atoms with van der Waals surface area (Å²) in [5.41, 5.74) is 5.25. The van der Waals surface area contributed by atoms with Gasteiger partial charge in [0.25, 0.3) is 0 Å². The molecule has 0 aromatic carbocycles. The van der Waals surface area contributed by atoms with E-state index in [1.54, 1.807) is 18.7 Å². The monoisotopic (exact) mass is 262 g/mol. The molecule has 0 fully saturated rings. The molecule has 5 nitrogen and oxygen atoms in total. The number of nitrogens with one attached hydrogen (secondary N) is 1. The molecule has 1 unspecified atom stereocenters. The van der Waals surface area contributed by atoms with Crippen LogP contribution in [0.2, 0.25) is 5.28 Å². The molecule has 0 amide bonds. The maximum atomic E-state index is 9.94. The summed E-state index contributed by atoms with van der Waals surface area (Å²) >= 11 is 7.21. The number of nitrogens with two attached hydrogens (primary N) is 1. The van der Waals surface area contributed by atoms with Crippen molar-refractivity contribution in [3.05, 3.63) is 11.5 Å². The van der Waals surface area contributed by atoms with Gasteiger partial charge in [0, 0.05) is 12.3 Å². The number of rotatable bonds is 5. The zero-order valence-electron chi connectivity index (χ0n) is 9.20. The van der Waals surface area contributed by atoms with E-state index in [9.17, 15) is 5.11 Å². The van der Waals surface area contributed by atoms with Crippen molar-refractivity contribution in [2.75, 3.05) is 29.6 Å². The molecule has 0 spiro atoms. The van der Waals surface area contributed by atoms with Crippen molar-refractivity contribution in [2.45, 2.75) is 12.5 Å². The van der Waals surface area contributed by atoms with Crippen molar-refractivity contribution in [2.24, 2.45) is 0 Å². The molecular formula is C9H15ClN4OS. The number of thioether (sulfide) groups is 1. The minimum absolute atomic E-state index is 0.126. The Hall–Kier alpha value is -0.720. The standard InChI is InChI=1S/C9H15ClN4OS/c1-9(15,5-16-2)4-13-7-6(11)3-12-8(10)14-7/h3,15H,4-5,11H2,1-2H3,(H,12,13,14). The first-order chi connectivity index (χ1) is 7.44. The van der Waals surface area contributed by atoms with E-state index in [1.807, 2.05) is 6.26 Å². The van der Waals surface area contributed by atoms with Crippen molar-refractivity contribution >= 4 is 34.9 Å². The van der Waals surface area contributed by atoms with Crippen molar-refractivity contribution in [3.8, 4) is 0 Å². The summed E-state index contributed by atoms with van der Waals surface area (Å²) < 4.78 is 0. The normalized spacial score (nSPS) is 14.5. The molecule has 7 heteroatoms. The average Bonchev–Trinajstić information content (AvgIpc) is 2.19. The zero-order chi connectivity index (χ0) is 12.2. The van der Waals surface area contributed by atoms with Gasteiger partial charge < -0.3 is 16.2 Å². The van der Waals surface area contributed by atoms with Crippen molar-refractivity contribution in [1.29, 1.82) is 0 Å². The lowest BCUT2D eigenvalue weighted by atomic mass is 10.1. The zero-order valence-corrected chi connectivity index (χ0v) is 10.8. The number of hydrogen-bond acceptors (Lipinski definition) is 6. The lowest BCUT2D eigenvalue weighted by Gasteiger charge is -2.23. The van der Waals surface area contributed by atoms with Gasteiger partial charge in [0.2, 0.25) is 5.28 Å². The van der Waals surface area contributed by atoms with Crippen molar-refractivity contribution in [3.63, 3.8) is 0 Å². The Morgan fingerprint density at radius 1 is 1.69 bits per heavy atom. The predicted octanol–water partition coefficient (Wildman–Crippen LogP) is 1.24. The molecule has 0 aliphatic heterocycles. The Morgan fingerprint density at radius 2 is 2.38 bits per heavy atom. The van der Waals surface area contributed by atoms with Crippen LogP contribution in [0.5, 0.6) is 0 Å². The molecule has 1 aromatic heterocycles. The first-order valence-corrected chi connectivity index (χ1v) is 6.45. The van der Waals surface area contributed by atoms with Gasteiger partial charge in [0.15, 0.2) is 5.82 Å². The molecule has 1 atom stereocenters. The first kappa shape index (κ1) is 13.3. The minimum Gasteiger partial charge on any atom is -0.394 e. The molecule has 1 aromatic rings. The summed E-state index contributed by atoms with van der Waals surface area (Å²) in [7, 11) is 0. The van der Waals surface area contributed by atoms with Gasteiger partial charge in [-0.25, -0.2) is 4.98 Å². The van der Waals surface area contributed by atoms with Gasteiger partial charge in [-0.05, 0) is 24.8 Å².